The van der Waals surface area contributed by atoms with E-state index in [-0.39, 0.29) is 5.91 Å². The molecule has 0 saturated heterocycles. The van der Waals surface area contributed by atoms with Crippen LogP contribution in [0.25, 0.3) is 0 Å². The average molecular weight is 347 g/mol. The summed E-state index contributed by atoms with van der Waals surface area (Å²) in [5.74, 6) is 1.85. The van der Waals surface area contributed by atoms with Crippen LogP contribution in [-0.2, 0) is 4.79 Å². The first-order valence-electron chi connectivity index (χ1n) is 8.47. The molecule has 0 spiro atoms. The van der Waals surface area contributed by atoms with Gasteiger partial charge in [-0.1, -0.05) is 36.4 Å². The van der Waals surface area contributed by atoms with Crippen LogP contribution in [0.3, 0.4) is 0 Å². The second-order valence-electron chi connectivity index (χ2n) is 6.01. The van der Waals surface area contributed by atoms with Gasteiger partial charge in [-0.2, -0.15) is 0 Å². The zero-order valence-electron chi connectivity index (χ0n) is 14.8. The van der Waals surface area contributed by atoms with E-state index in [0.29, 0.717) is 17.2 Å². The molecule has 1 amide bonds. The molecule has 0 fully saturated rings. The number of ether oxygens (including phenoxy) is 2. The van der Waals surface area contributed by atoms with E-state index >= 15 is 0 Å². The molecule has 0 bridgehead atoms. The largest absolute Gasteiger partial charge is 0.481 e. The monoisotopic (exact) mass is 347 g/mol. The first-order chi connectivity index (χ1) is 12.6. The molecular formula is C22H21NO3. The van der Waals surface area contributed by atoms with Crippen molar-refractivity contribution in [1.82, 2.24) is 0 Å². The number of benzene rings is 3. The third-order valence-corrected chi connectivity index (χ3v) is 3.75. The Morgan fingerprint density at radius 2 is 1.54 bits per heavy atom. The minimum atomic E-state index is -0.615. The Morgan fingerprint density at radius 1 is 0.846 bits per heavy atom. The summed E-state index contributed by atoms with van der Waals surface area (Å²) in [6, 6.07) is 24.4. The van der Waals surface area contributed by atoms with E-state index in [0.717, 1.165) is 11.3 Å². The third-order valence-electron chi connectivity index (χ3n) is 3.75. The fourth-order valence-electron chi connectivity index (χ4n) is 2.45. The molecule has 0 aliphatic heterocycles. The van der Waals surface area contributed by atoms with Crippen molar-refractivity contribution in [3.8, 4) is 17.2 Å². The van der Waals surface area contributed by atoms with Crippen molar-refractivity contribution < 1.29 is 14.3 Å². The molecular weight excluding hydrogens is 326 g/mol. The molecule has 3 aromatic rings. The van der Waals surface area contributed by atoms with Crippen LogP contribution in [0.1, 0.15) is 12.5 Å². The Hall–Kier alpha value is -3.27. The van der Waals surface area contributed by atoms with Gasteiger partial charge in [0, 0.05) is 11.8 Å². The van der Waals surface area contributed by atoms with Gasteiger partial charge in [0.2, 0.25) is 0 Å². The van der Waals surface area contributed by atoms with Crippen molar-refractivity contribution in [3.05, 3.63) is 84.4 Å². The lowest BCUT2D eigenvalue weighted by Gasteiger charge is -2.15. The van der Waals surface area contributed by atoms with Gasteiger partial charge in [-0.3, -0.25) is 4.79 Å². The van der Waals surface area contributed by atoms with Crippen LogP contribution in [0.5, 0.6) is 17.2 Å². The summed E-state index contributed by atoms with van der Waals surface area (Å²) >= 11 is 0. The molecule has 26 heavy (non-hydrogen) atoms. The number of nitrogens with one attached hydrogen (secondary N) is 1. The van der Waals surface area contributed by atoms with Gasteiger partial charge in [0.25, 0.3) is 5.91 Å². The number of amides is 1. The highest BCUT2D eigenvalue weighted by molar-refractivity contribution is 5.94. The Morgan fingerprint density at radius 3 is 2.31 bits per heavy atom. The standard InChI is InChI=1S/C22H21NO3/c1-16-8-6-12-20(14-16)25-17(2)22(24)23-18-9-7-13-21(15-18)26-19-10-4-3-5-11-19/h3-15,17H,1-2H3,(H,23,24)/t17-/m0/s1. The molecule has 1 N–H and O–H groups in total. The number of carbonyl (C=O) groups is 1. The van der Waals surface area contributed by atoms with Crippen LogP contribution in [0.15, 0.2) is 78.9 Å². The number of aryl methyl sites for hydroxylation is 1. The van der Waals surface area contributed by atoms with E-state index in [2.05, 4.69) is 5.32 Å². The maximum atomic E-state index is 12.4. The minimum absolute atomic E-state index is 0.219. The second kappa shape index (κ2) is 8.21. The van der Waals surface area contributed by atoms with Gasteiger partial charge < -0.3 is 14.8 Å². The molecule has 0 unspecified atom stereocenters. The Bertz CT molecular complexity index is 877. The first-order valence-corrected chi connectivity index (χ1v) is 8.47. The van der Waals surface area contributed by atoms with Crippen molar-refractivity contribution >= 4 is 11.6 Å². The molecule has 0 radical (unpaired) electrons. The Balaban J connectivity index is 1.62. The lowest BCUT2D eigenvalue weighted by atomic mass is 10.2. The number of rotatable bonds is 6. The molecule has 0 aliphatic carbocycles. The first kappa shape index (κ1) is 17.5. The smallest absolute Gasteiger partial charge is 0.265 e. The molecule has 0 saturated carbocycles. The minimum Gasteiger partial charge on any atom is -0.481 e. The van der Waals surface area contributed by atoms with E-state index in [1.807, 2.05) is 79.7 Å². The topological polar surface area (TPSA) is 47.6 Å². The number of hydrogen-bond donors (Lipinski definition) is 1. The van der Waals surface area contributed by atoms with Crippen LogP contribution in [0.4, 0.5) is 5.69 Å². The summed E-state index contributed by atoms with van der Waals surface area (Å²) in [5.41, 5.74) is 1.74. The van der Waals surface area contributed by atoms with Crippen LogP contribution in [-0.4, -0.2) is 12.0 Å². The van der Waals surface area contributed by atoms with Gasteiger partial charge in [-0.25, -0.2) is 0 Å². The lowest BCUT2D eigenvalue weighted by molar-refractivity contribution is -0.122. The van der Waals surface area contributed by atoms with Gasteiger partial charge in [-0.15, -0.1) is 0 Å². The maximum absolute atomic E-state index is 12.4. The van der Waals surface area contributed by atoms with Gasteiger partial charge in [0.05, 0.1) is 0 Å². The Labute approximate surface area is 153 Å². The van der Waals surface area contributed by atoms with Gasteiger partial charge in [0.1, 0.15) is 17.2 Å². The van der Waals surface area contributed by atoms with Crippen molar-refractivity contribution in [2.75, 3.05) is 5.32 Å². The van der Waals surface area contributed by atoms with Crippen LogP contribution >= 0.6 is 0 Å². The molecule has 3 rings (SSSR count). The Kier molecular flexibility index (Phi) is 5.54. The molecule has 0 heterocycles. The van der Waals surface area contributed by atoms with Crippen molar-refractivity contribution in [2.45, 2.75) is 20.0 Å². The quantitative estimate of drug-likeness (QED) is 0.667. The molecule has 4 nitrogen and oxygen atoms in total. The van der Waals surface area contributed by atoms with E-state index in [4.69, 9.17) is 9.47 Å². The summed E-state index contributed by atoms with van der Waals surface area (Å²) in [7, 11) is 0. The maximum Gasteiger partial charge on any atom is 0.265 e. The molecule has 4 heteroatoms. The zero-order valence-corrected chi connectivity index (χ0v) is 14.8. The fourth-order valence-corrected chi connectivity index (χ4v) is 2.45. The highest BCUT2D eigenvalue weighted by Gasteiger charge is 2.15. The molecule has 0 aliphatic rings. The molecule has 0 aromatic heterocycles. The summed E-state index contributed by atoms with van der Waals surface area (Å²) in [4.78, 5) is 12.4. The van der Waals surface area contributed by atoms with E-state index in [1.54, 1.807) is 13.0 Å². The summed E-state index contributed by atoms with van der Waals surface area (Å²) in [6.07, 6.45) is -0.615. The normalized spacial score (nSPS) is 11.5. The summed E-state index contributed by atoms with van der Waals surface area (Å²) in [5, 5.41) is 2.86. The zero-order chi connectivity index (χ0) is 18.4. The highest BCUT2D eigenvalue weighted by Crippen LogP contribution is 2.24. The lowest BCUT2D eigenvalue weighted by Crippen LogP contribution is -2.30. The average Bonchev–Trinajstić information content (AvgIpc) is 2.63. The second-order valence-corrected chi connectivity index (χ2v) is 6.01. The summed E-state index contributed by atoms with van der Waals surface area (Å²) in [6.45, 7) is 3.71. The van der Waals surface area contributed by atoms with E-state index in [9.17, 15) is 4.79 Å². The van der Waals surface area contributed by atoms with Crippen molar-refractivity contribution in [3.63, 3.8) is 0 Å². The number of hydrogen-bond acceptors (Lipinski definition) is 3. The van der Waals surface area contributed by atoms with E-state index in [1.165, 1.54) is 0 Å². The number of carbonyl (C=O) groups excluding carboxylic acids is 1. The number of anilines is 1. The molecule has 1 atom stereocenters. The fraction of sp³-hybridized carbons (Fsp3) is 0.136. The van der Waals surface area contributed by atoms with Crippen LogP contribution < -0.4 is 14.8 Å². The van der Waals surface area contributed by atoms with Crippen LogP contribution in [0, 0.1) is 6.92 Å². The van der Waals surface area contributed by atoms with Crippen LogP contribution in [0.2, 0.25) is 0 Å². The predicted molar refractivity (Wildman–Crippen MR) is 103 cm³/mol. The SMILES string of the molecule is Cc1cccc(O[C@@H](C)C(=O)Nc2cccc(Oc3ccccc3)c2)c1. The predicted octanol–water partition coefficient (Wildman–Crippen LogP) is 5.19. The summed E-state index contributed by atoms with van der Waals surface area (Å²) < 4.78 is 11.5. The highest BCUT2D eigenvalue weighted by atomic mass is 16.5. The third kappa shape index (κ3) is 4.86. The molecule has 132 valence electrons. The molecule has 3 aromatic carbocycles. The van der Waals surface area contributed by atoms with Crippen molar-refractivity contribution in [1.29, 1.82) is 0 Å². The van der Waals surface area contributed by atoms with E-state index < -0.39 is 6.10 Å². The van der Waals surface area contributed by atoms with Gasteiger partial charge in [0.15, 0.2) is 6.10 Å². The number of para-hydroxylation sites is 1. The van der Waals surface area contributed by atoms with Gasteiger partial charge >= 0.3 is 0 Å². The van der Waals surface area contributed by atoms with Gasteiger partial charge in [-0.05, 0) is 55.8 Å². The van der Waals surface area contributed by atoms with Crippen molar-refractivity contribution in [2.24, 2.45) is 0 Å².